The number of hydrogen-bond donors (Lipinski definition) is 1. The summed E-state index contributed by atoms with van der Waals surface area (Å²) in [5.41, 5.74) is 1.27. The second-order valence-corrected chi connectivity index (χ2v) is 6.50. The lowest BCUT2D eigenvalue weighted by molar-refractivity contribution is -0.141. The SMILES string of the molecule is Cc1ccc(C(C)(C)C)cc1C(=O)C1(C(=O)O)CC1. The fraction of sp³-hybridized carbons (Fsp3) is 0.500. The molecule has 1 aliphatic rings. The van der Waals surface area contributed by atoms with Crippen LogP contribution in [-0.2, 0) is 10.2 Å². The molecule has 0 heterocycles. The summed E-state index contributed by atoms with van der Waals surface area (Å²) in [4.78, 5) is 23.8. The first-order valence-electron chi connectivity index (χ1n) is 6.58. The third-order valence-corrected chi connectivity index (χ3v) is 3.94. The molecule has 1 N–H and O–H groups in total. The molecule has 0 radical (unpaired) electrons. The molecule has 0 aliphatic heterocycles. The lowest BCUT2D eigenvalue weighted by Gasteiger charge is -2.21. The Balaban J connectivity index is 2.46. The number of benzene rings is 1. The molecule has 0 aromatic heterocycles. The van der Waals surface area contributed by atoms with Gasteiger partial charge in [0.05, 0.1) is 0 Å². The summed E-state index contributed by atoms with van der Waals surface area (Å²) in [6.45, 7) is 8.10. The van der Waals surface area contributed by atoms with E-state index in [0.29, 0.717) is 18.4 Å². The zero-order valence-electron chi connectivity index (χ0n) is 11.9. The number of aryl methyl sites for hydroxylation is 1. The van der Waals surface area contributed by atoms with Crippen LogP contribution in [0.4, 0.5) is 0 Å². The van der Waals surface area contributed by atoms with Gasteiger partial charge in [0.25, 0.3) is 0 Å². The first-order chi connectivity index (χ1) is 8.68. The third-order valence-electron chi connectivity index (χ3n) is 3.94. The number of aliphatic carboxylic acids is 1. The van der Waals surface area contributed by atoms with Gasteiger partial charge in [-0.3, -0.25) is 9.59 Å². The van der Waals surface area contributed by atoms with Gasteiger partial charge in [0.1, 0.15) is 5.41 Å². The molecule has 0 unspecified atom stereocenters. The van der Waals surface area contributed by atoms with Gasteiger partial charge >= 0.3 is 5.97 Å². The minimum Gasteiger partial charge on any atom is -0.480 e. The first kappa shape index (κ1) is 13.8. The Bertz CT molecular complexity index is 546. The fourth-order valence-electron chi connectivity index (χ4n) is 2.25. The molecule has 0 bridgehead atoms. The molecule has 3 heteroatoms. The summed E-state index contributed by atoms with van der Waals surface area (Å²) >= 11 is 0. The van der Waals surface area contributed by atoms with Gasteiger partial charge in [0.2, 0.25) is 0 Å². The maximum atomic E-state index is 12.5. The number of carbonyl (C=O) groups excluding carboxylic acids is 1. The maximum absolute atomic E-state index is 12.5. The second kappa shape index (κ2) is 4.19. The van der Waals surface area contributed by atoms with Crippen LogP contribution in [0, 0.1) is 12.3 Å². The Morgan fingerprint density at radius 2 is 1.79 bits per heavy atom. The normalized spacial score (nSPS) is 17.1. The highest BCUT2D eigenvalue weighted by molar-refractivity contribution is 6.15. The number of hydrogen-bond acceptors (Lipinski definition) is 2. The van der Waals surface area contributed by atoms with Gasteiger partial charge in [-0.05, 0) is 42.4 Å². The highest BCUT2D eigenvalue weighted by Gasteiger charge is 2.57. The Morgan fingerprint density at radius 3 is 2.21 bits per heavy atom. The monoisotopic (exact) mass is 260 g/mol. The van der Waals surface area contributed by atoms with Gasteiger partial charge in [0, 0.05) is 5.56 Å². The number of Topliss-reactive ketones (excluding diaryl/α,β-unsaturated/α-hetero) is 1. The summed E-state index contributed by atoms with van der Waals surface area (Å²) in [6, 6.07) is 5.78. The van der Waals surface area contributed by atoms with Crippen molar-refractivity contribution < 1.29 is 14.7 Å². The molecular weight excluding hydrogens is 240 g/mol. The van der Waals surface area contributed by atoms with Gasteiger partial charge in [-0.1, -0.05) is 32.9 Å². The Kier molecular flexibility index (Phi) is 3.04. The zero-order valence-corrected chi connectivity index (χ0v) is 11.9. The minimum absolute atomic E-state index is 0.0529. The summed E-state index contributed by atoms with van der Waals surface area (Å²) in [5.74, 6) is -1.22. The summed E-state index contributed by atoms with van der Waals surface area (Å²) < 4.78 is 0. The van der Waals surface area contributed by atoms with Crippen molar-refractivity contribution >= 4 is 11.8 Å². The highest BCUT2D eigenvalue weighted by Crippen LogP contribution is 2.49. The van der Waals surface area contributed by atoms with Crippen LogP contribution < -0.4 is 0 Å². The predicted molar refractivity (Wildman–Crippen MR) is 73.5 cm³/mol. The predicted octanol–water partition coefficient (Wildman–Crippen LogP) is 3.34. The van der Waals surface area contributed by atoms with E-state index in [2.05, 4.69) is 20.8 Å². The van der Waals surface area contributed by atoms with Crippen LogP contribution in [0.2, 0.25) is 0 Å². The van der Waals surface area contributed by atoms with Gasteiger partial charge in [-0.2, -0.15) is 0 Å². The third kappa shape index (κ3) is 2.29. The van der Waals surface area contributed by atoms with Gasteiger partial charge < -0.3 is 5.11 Å². The smallest absolute Gasteiger partial charge is 0.317 e. The lowest BCUT2D eigenvalue weighted by Crippen LogP contribution is -2.26. The molecule has 19 heavy (non-hydrogen) atoms. The van der Waals surface area contributed by atoms with Gasteiger partial charge in [-0.15, -0.1) is 0 Å². The number of ketones is 1. The Labute approximate surface area is 113 Å². The van der Waals surface area contributed by atoms with Crippen molar-refractivity contribution in [2.45, 2.75) is 46.0 Å². The molecular formula is C16H20O3. The average Bonchev–Trinajstić information content (AvgIpc) is 3.08. The van der Waals surface area contributed by atoms with Crippen molar-refractivity contribution in [3.63, 3.8) is 0 Å². The van der Waals surface area contributed by atoms with E-state index in [1.165, 1.54) is 0 Å². The molecule has 1 aromatic rings. The van der Waals surface area contributed by atoms with Crippen LogP contribution in [0.25, 0.3) is 0 Å². The molecule has 1 aromatic carbocycles. The number of carbonyl (C=O) groups is 2. The van der Waals surface area contributed by atoms with Crippen LogP contribution in [0.3, 0.4) is 0 Å². The molecule has 1 fully saturated rings. The first-order valence-corrected chi connectivity index (χ1v) is 6.58. The number of carboxylic acid groups (broad SMARTS) is 1. The fourth-order valence-corrected chi connectivity index (χ4v) is 2.25. The number of rotatable bonds is 3. The molecule has 0 spiro atoms. The standard InChI is InChI=1S/C16H20O3/c1-10-5-6-11(15(2,3)4)9-12(10)13(17)16(7-8-16)14(18)19/h5-6,9H,7-8H2,1-4H3,(H,18,19). The molecule has 1 aliphatic carbocycles. The van der Waals surface area contributed by atoms with Crippen LogP contribution in [0.15, 0.2) is 18.2 Å². The summed E-state index contributed by atoms with van der Waals surface area (Å²) in [7, 11) is 0. The van der Waals surface area contributed by atoms with E-state index >= 15 is 0 Å². The Morgan fingerprint density at radius 1 is 1.21 bits per heavy atom. The molecule has 102 valence electrons. The molecule has 2 rings (SSSR count). The second-order valence-electron chi connectivity index (χ2n) is 6.50. The lowest BCUT2D eigenvalue weighted by atomic mass is 9.83. The molecule has 0 atom stereocenters. The molecule has 3 nitrogen and oxygen atoms in total. The molecule has 0 saturated heterocycles. The van der Waals surface area contributed by atoms with E-state index < -0.39 is 11.4 Å². The maximum Gasteiger partial charge on any atom is 0.317 e. The van der Waals surface area contributed by atoms with Crippen LogP contribution >= 0.6 is 0 Å². The van der Waals surface area contributed by atoms with E-state index in [4.69, 9.17) is 0 Å². The average molecular weight is 260 g/mol. The van der Waals surface area contributed by atoms with Gasteiger partial charge in [-0.25, -0.2) is 0 Å². The molecule has 0 amide bonds. The van der Waals surface area contributed by atoms with Crippen LogP contribution in [-0.4, -0.2) is 16.9 Å². The quantitative estimate of drug-likeness (QED) is 0.670. The van der Waals surface area contributed by atoms with Crippen molar-refractivity contribution in [2.24, 2.45) is 5.41 Å². The topological polar surface area (TPSA) is 54.4 Å². The van der Waals surface area contributed by atoms with Crippen molar-refractivity contribution in [1.29, 1.82) is 0 Å². The van der Waals surface area contributed by atoms with Crippen LogP contribution in [0.1, 0.15) is 55.1 Å². The van der Waals surface area contributed by atoms with E-state index in [1.807, 2.05) is 25.1 Å². The summed E-state index contributed by atoms with van der Waals surface area (Å²) in [6.07, 6.45) is 0.917. The van der Waals surface area contributed by atoms with Crippen molar-refractivity contribution in [2.75, 3.05) is 0 Å². The largest absolute Gasteiger partial charge is 0.480 e. The van der Waals surface area contributed by atoms with E-state index in [-0.39, 0.29) is 11.2 Å². The Hall–Kier alpha value is -1.64. The van der Waals surface area contributed by atoms with E-state index in [9.17, 15) is 14.7 Å². The highest BCUT2D eigenvalue weighted by atomic mass is 16.4. The van der Waals surface area contributed by atoms with Gasteiger partial charge in [0.15, 0.2) is 5.78 Å². The molecule has 1 saturated carbocycles. The van der Waals surface area contributed by atoms with Crippen molar-refractivity contribution in [1.82, 2.24) is 0 Å². The van der Waals surface area contributed by atoms with Crippen molar-refractivity contribution in [3.05, 3.63) is 34.9 Å². The van der Waals surface area contributed by atoms with Crippen molar-refractivity contribution in [3.8, 4) is 0 Å². The van der Waals surface area contributed by atoms with Crippen LogP contribution in [0.5, 0.6) is 0 Å². The number of carboxylic acids is 1. The summed E-state index contributed by atoms with van der Waals surface area (Å²) in [5, 5.41) is 9.23. The van der Waals surface area contributed by atoms with E-state index in [0.717, 1.165) is 11.1 Å². The van der Waals surface area contributed by atoms with E-state index in [1.54, 1.807) is 0 Å². The minimum atomic E-state index is -1.15. The zero-order chi connectivity index (χ0) is 14.4.